The Hall–Kier alpha value is -2.09. The molecular formula is C11H10F3N3O2. The molecule has 1 heterocycles. The molecule has 0 saturated heterocycles. The summed E-state index contributed by atoms with van der Waals surface area (Å²) in [6.07, 6.45) is -4.52. The number of alkyl halides is 3. The fraction of sp³-hybridized carbons (Fsp3) is 0.273. The lowest BCUT2D eigenvalue weighted by molar-refractivity contribution is -0.144. The molecule has 0 spiro atoms. The molecule has 1 aromatic carbocycles. The van der Waals surface area contributed by atoms with Crippen molar-refractivity contribution >= 4 is 17.0 Å². The van der Waals surface area contributed by atoms with Gasteiger partial charge in [0.15, 0.2) is 0 Å². The van der Waals surface area contributed by atoms with E-state index in [4.69, 9.17) is 10.8 Å². The van der Waals surface area contributed by atoms with Crippen LogP contribution in [0.15, 0.2) is 18.2 Å². The van der Waals surface area contributed by atoms with Gasteiger partial charge in [0.25, 0.3) is 0 Å². The molecule has 2 aromatic rings. The number of nitrogens with one attached hydrogen (secondary N) is 1. The maximum Gasteiger partial charge on any atom is 0.449 e. The van der Waals surface area contributed by atoms with Gasteiger partial charge in [-0.1, -0.05) is 6.07 Å². The first-order chi connectivity index (χ1) is 8.77. The topological polar surface area (TPSA) is 92.0 Å². The van der Waals surface area contributed by atoms with Gasteiger partial charge in [0.2, 0.25) is 5.82 Å². The molecule has 2 rings (SSSR count). The van der Waals surface area contributed by atoms with Gasteiger partial charge >= 0.3 is 12.1 Å². The van der Waals surface area contributed by atoms with Crippen LogP contribution in [0.5, 0.6) is 0 Å². The Bertz CT molecular complexity index is 621. The van der Waals surface area contributed by atoms with Gasteiger partial charge in [-0.25, -0.2) is 4.98 Å². The first-order valence-corrected chi connectivity index (χ1v) is 5.31. The predicted molar refractivity (Wildman–Crippen MR) is 60.4 cm³/mol. The van der Waals surface area contributed by atoms with Crippen molar-refractivity contribution in [2.24, 2.45) is 5.73 Å². The highest BCUT2D eigenvalue weighted by Crippen LogP contribution is 2.28. The molecule has 1 unspecified atom stereocenters. The minimum Gasteiger partial charge on any atom is -0.480 e. The van der Waals surface area contributed by atoms with Crippen molar-refractivity contribution in [3.05, 3.63) is 29.6 Å². The number of nitrogens with zero attached hydrogens (tertiary/aromatic N) is 1. The molecule has 102 valence electrons. The highest BCUT2D eigenvalue weighted by Gasteiger charge is 2.34. The Balaban J connectivity index is 2.33. The highest BCUT2D eigenvalue weighted by molar-refractivity contribution is 5.77. The van der Waals surface area contributed by atoms with Crippen LogP contribution in [0.1, 0.15) is 11.4 Å². The molecule has 0 saturated carbocycles. The number of benzene rings is 1. The number of aromatic nitrogens is 2. The van der Waals surface area contributed by atoms with Crippen LogP contribution < -0.4 is 5.73 Å². The molecular weight excluding hydrogens is 263 g/mol. The zero-order chi connectivity index (χ0) is 14.2. The largest absolute Gasteiger partial charge is 0.480 e. The van der Waals surface area contributed by atoms with Crippen molar-refractivity contribution in [2.45, 2.75) is 18.6 Å². The zero-order valence-electron chi connectivity index (χ0n) is 9.53. The number of aliphatic carboxylic acids is 1. The number of H-pyrrole nitrogens is 1. The van der Waals surface area contributed by atoms with Crippen LogP contribution in [0.25, 0.3) is 11.0 Å². The Morgan fingerprint density at radius 2 is 2.16 bits per heavy atom. The molecule has 4 N–H and O–H groups in total. The molecule has 0 bridgehead atoms. The molecule has 0 amide bonds. The van der Waals surface area contributed by atoms with E-state index in [2.05, 4.69) is 9.97 Å². The van der Waals surface area contributed by atoms with Gasteiger partial charge in [0.1, 0.15) is 6.04 Å². The van der Waals surface area contributed by atoms with Crippen molar-refractivity contribution in [1.82, 2.24) is 9.97 Å². The van der Waals surface area contributed by atoms with E-state index < -0.39 is 24.0 Å². The van der Waals surface area contributed by atoms with Crippen molar-refractivity contribution in [2.75, 3.05) is 0 Å². The van der Waals surface area contributed by atoms with Crippen LogP contribution in [0, 0.1) is 0 Å². The first-order valence-electron chi connectivity index (χ1n) is 5.31. The second-order valence-electron chi connectivity index (χ2n) is 4.08. The van der Waals surface area contributed by atoms with Gasteiger partial charge in [-0.2, -0.15) is 13.2 Å². The third kappa shape index (κ3) is 2.84. The number of nitrogens with two attached hydrogens (primary N) is 1. The molecule has 5 nitrogen and oxygen atoms in total. The van der Waals surface area contributed by atoms with Crippen molar-refractivity contribution in [1.29, 1.82) is 0 Å². The maximum absolute atomic E-state index is 12.5. The van der Waals surface area contributed by atoms with E-state index in [0.29, 0.717) is 5.56 Å². The van der Waals surface area contributed by atoms with Gasteiger partial charge in [0, 0.05) is 0 Å². The van der Waals surface area contributed by atoms with Crippen LogP contribution in [-0.2, 0) is 17.4 Å². The maximum atomic E-state index is 12.5. The number of aromatic amines is 1. The third-order valence-electron chi connectivity index (χ3n) is 2.59. The Labute approximate surface area is 105 Å². The quantitative estimate of drug-likeness (QED) is 0.790. The van der Waals surface area contributed by atoms with E-state index in [1.165, 1.54) is 18.2 Å². The summed E-state index contributed by atoms with van der Waals surface area (Å²) in [5.74, 6) is -2.25. The highest BCUT2D eigenvalue weighted by atomic mass is 19.4. The van der Waals surface area contributed by atoms with Gasteiger partial charge in [-0.3, -0.25) is 4.79 Å². The Morgan fingerprint density at radius 3 is 2.74 bits per heavy atom. The molecule has 0 aliphatic carbocycles. The normalized spacial score (nSPS) is 13.7. The summed E-state index contributed by atoms with van der Waals surface area (Å²) in [6, 6.07) is 3.23. The number of rotatable bonds is 3. The van der Waals surface area contributed by atoms with E-state index in [1.807, 2.05) is 0 Å². The number of carboxylic acids is 1. The smallest absolute Gasteiger partial charge is 0.449 e. The number of imidazole rings is 1. The minimum atomic E-state index is -4.54. The standard InChI is InChI=1S/C11H10F3N3O2/c12-11(13,14)10-16-7-2-1-5(4-8(7)17-10)3-6(15)9(18)19/h1-2,4,6H,3,15H2,(H,16,17)(H,18,19). The summed E-state index contributed by atoms with van der Waals surface area (Å²) < 4.78 is 37.4. The van der Waals surface area contributed by atoms with E-state index >= 15 is 0 Å². The lowest BCUT2D eigenvalue weighted by Gasteiger charge is -2.05. The second-order valence-corrected chi connectivity index (χ2v) is 4.08. The molecule has 0 aliphatic rings. The summed E-state index contributed by atoms with van der Waals surface area (Å²) in [7, 11) is 0. The average Bonchev–Trinajstić information content (AvgIpc) is 2.71. The number of hydrogen-bond acceptors (Lipinski definition) is 3. The summed E-state index contributed by atoms with van der Waals surface area (Å²) in [5, 5.41) is 8.67. The van der Waals surface area contributed by atoms with Gasteiger partial charge < -0.3 is 15.8 Å². The fourth-order valence-electron chi connectivity index (χ4n) is 1.65. The van der Waals surface area contributed by atoms with Gasteiger partial charge in [0.05, 0.1) is 11.0 Å². The molecule has 0 aliphatic heterocycles. The van der Waals surface area contributed by atoms with Gasteiger partial charge in [-0.05, 0) is 24.1 Å². The Morgan fingerprint density at radius 1 is 1.47 bits per heavy atom. The molecule has 0 radical (unpaired) electrons. The van der Waals surface area contributed by atoms with E-state index in [0.717, 1.165) is 0 Å². The molecule has 1 aromatic heterocycles. The number of fused-ring (bicyclic) bond motifs is 1. The van der Waals surface area contributed by atoms with Crippen LogP contribution in [-0.4, -0.2) is 27.1 Å². The van der Waals surface area contributed by atoms with Crippen LogP contribution in [0.2, 0.25) is 0 Å². The summed E-state index contributed by atoms with van der Waals surface area (Å²) in [5.41, 5.74) is 6.24. The molecule has 1 atom stereocenters. The minimum absolute atomic E-state index is 0.0273. The number of halogens is 3. The first kappa shape index (κ1) is 13.3. The molecule has 8 heteroatoms. The number of carbonyl (C=O) groups is 1. The fourth-order valence-corrected chi connectivity index (χ4v) is 1.65. The number of hydrogen-bond donors (Lipinski definition) is 3. The summed E-state index contributed by atoms with van der Waals surface area (Å²) in [4.78, 5) is 16.2. The van der Waals surface area contributed by atoms with E-state index in [-0.39, 0.29) is 17.5 Å². The predicted octanol–water partition coefficient (Wildman–Crippen LogP) is 1.54. The molecule has 0 fully saturated rings. The van der Waals surface area contributed by atoms with Crippen molar-refractivity contribution in [3.8, 4) is 0 Å². The van der Waals surface area contributed by atoms with Crippen LogP contribution >= 0.6 is 0 Å². The monoisotopic (exact) mass is 273 g/mol. The lowest BCUT2D eigenvalue weighted by Crippen LogP contribution is -2.32. The summed E-state index contributed by atoms with van der Waals surface area (Å²) in [6.45, 7) is 0. The van der Waals surface area contributed by atoms with Crippen LogP contribution in [0.4, 0.5) is 13.2 Å². The second kappa shape index (κ2) is 4.54. The average molecular weight is 273 g/mol. The van der Waals surface area contributed by atoms with Gasteiger partial charge in [-0.15, -0.1) is 0 Å². The number of carboxylic acid groups (broad SMARTS) is 1. The van der Waals surface area contributed by atoms with E-state index in [1.54, 1.807) is 0 Å². The molecule has 19 heavy (non-hydrogen) atoms. The van der Waals surface area contributed by atoms with Crippen molar-refractivity contribution < 1.29 is 23.1 Å². The van der Waals surface area contributed by atoms with Crippen molar-refractivity contribution in [3.63, 3.8) is 0 Å². The third-order valence-corrected chi connectivity index (χ3v) is 2.59. The van der Waals surface area contributed by atoms with Crippen LogP contribution in [0.3, 0.4) is 0 Å². The zero-order valence-corrected chi connectivity index (χ0v) is 9.53. The SMILES string of the molecule is NC(Cc1ccc2[nH]c(C(F)(F)F)nc2c1)C(=O)O. The van der Waals surface area contributed by atoms with E-state index in [9.17, 15) is 18.0 Å². The lowest BCUT2D eigenvalue weighted by atomic mass is 10.1. The summed E-state index contributed by atoms with van der Waals surface area (Å²) >= 11 is 0. The Kier molecular flexibility index (Phi) is 3.19.